The molecule has 3 aliphatic rings. The van der Waals surface area contributed by atoms with Crippen molar-refractivity contribution >= 4 is 0 Å². The number of hydrogen-bond donors (Lipinski definition) is 0. The van der Waals surface area contributed by atoms with Gasteiger partial charge in [-0.05, 0) is 50.4 Å². The van der Waals surface area contributed by atoms with Crippen LogP contribution < -0.4 is 0 Å². The van der Waals surface area contributed by atoms with E-state index in [-0.39, 0.29) is 0 Å². The van der Waals surface area contributed by atoms with Crippen molar-refractivity contribution in [3.8, 4) is 0 Å². The Balaban J connectivity index is 1.78. The zero-order chi connectivity index (χ0) is 7.97. The van der Waals surface area contributed by atoms with Crippen molar-refractivity contribution < 1.29 is 0 Å². The summed E-state index contributed by atoms with van der Waals surface area (Å²) < 4.78 is 0. The minimum Gasteiger partial charge on any atom is -0.0698 e. The van der Waals surface area contributed by atoms with Crippen LogP contribution in [0.2, 0.25) is 0 Å². The molecule has 0 aromatic rings. The number of allylic oxidation sites excluding steroid dienone is 2. The minimum absolute atomic E-state index is 1.06. The van der Waals surface area contributed by atoms with E-state index >= 15 is 0 Å². The van der Waals surface area contributed by atoms with Crippen molar-refractivity contribution in [1.82, 2.24) is 0 Å². The molecule has 0 heterocycles. The molecule has 3 aliphatic carbocycles. The van der Waals surface area contributed by atoms with Crippen LogP contribution in [0.4, 0.5) is 0 Å². The number of rotatable bonds is 2. The fourth-order valence-corrected chi connectivity index (χ4v) is 2.70. The minimum atomic E-state index is 1.06. The normalized spacial score (nSPS) is 29.5. The zero-order valence-corrected chi connectivity index (χ0v) is 7.81. The largest absolute Gasteiger partial charge is 0.0698 e. The molecule has 0 bridgehead atoms. The van der Waals surface area contributed by atoms with Crippen molar-refractivity contribution in [1.29, 1.82) is 0 Å². The molecule has 0 unspecified atom stereocenters. The topological polar surface area (TPSA) is 0 Å². The molecule has 0 aromatic heterocycles. The van der Waals surface area contributed by atoms with Gasteiger partial charge < -0.3 is 0 Å². The third-order valence-corrected chi connectivity index (χ3v) is 4.00. The van der Waals surface area contributed by atoms with E-state index in [1.54, 1.807) is 0 Å². The van der Waals surface area contributed by atoms with E-state index in [4.69, 9.17) is 0 Å². The fourth-order valence-electron chi connectivity index (χ4n) is 2.70. The van der Waals surface area contributed by atoms with Crippen LogP contribution in [-0.4, -0.2) is 0 Å². The van der Waals surface area contributed by atoms with E-state index in [1.165, 1.54) is 51.4 Å². The van der Waals surface area contributed by atoms with E-state index < -0.39 is 0 Å². The van der Waals surface area contributed by atoms with Gasteiger partial charge >= 0.3 is 0 Å². The van der Waals surface area contributed by atoms with E-state index in [0.29, 0.717) is 0 Å². The Morgan fingerprint density at radius 1 is 0.833 bits per heavy atom. The van der Waals surface area contributed by atoms with Crippen molar-refractivity contribution in [2.75, 3.05) is 0 Å². The van der Waals surface area contributed by atoms with Gasteiger partial charge in [-0.1, -0.05) is 24.0 Å². The first kappa shape index (κ1) is 7.17. The first-order chi connectivity index (χ1) is 5.95. The van der Waals surface area contributed by atoms with Crippen LogP contribution in [0.5, 0.6) is 0 Å². The van der Waals surface area contributed by atoms with Gasteiger partial charge in [-0.25, -0.2) is 0 Å². The van der Waals surface area contributed by atoms with Gasteiger partial charge in [0.2, 0.25) is 0 Å². The van der Waals surface area contributed by atoms with Crippen LogP contribution >= 0.6 is 0 Å². The van der Waals surface area contributed by atoms with E-state index in [9.17, 15) is 0 Å². The predicted octanol–water partition coefficient (Wildman–Crippen LogP) is 3.68. The molecule has 0 spiro atoms. The average molecular weight is 162 g/mol. The molecule has 12 heavy (non-hydrogen) atoms. The Hall–Kier alpha value is -0.260. The predicted molar refractivity (Wildman–Crippen MR) is 50.9 cm³/mol. The first-order valence-corrected chi connectivity index (χ1v) is 5.67. The smallest absolute Gasteiger partial charge is 0.0198 e. The molecule has 3 fully saturated rings. The molecule has 0 N–H and O–H groups in total. The third-order valence-electron chi connectivity index (χ3n) is 4.00. The second-order valence-corrected chi connectivity index (χ2v) is 4.81. The Morgan fingerprint density at radius 3 is 1.58 bits per heavy atom. The summed E-state index contributed by atoms with van der Waals surface area (Å²) in [6.07, 6.45) is 12.0. The Morgan fingerprint density at radius 2 is 1.33 bits per heavy atom. The van der Waals surface area contributed by atoms with E-state index in [1.807, 2.05) is 11.1 Å². The standard InChI is InChI=1S/C12H18/c1-3-9(4-1)12(11-7-8-11)10-5-2-6-10/h9-10H,1-8H2. The van der Waals surface area contributed by atoms with Crippen LogP contribution in [0.3, 0.4) is 0 Å². The van der Waals surface area contributed by atoms with E-state index in [0.717, 1.165) is 11.8 Å². The Bertz CT molecular complexity index is 194. The maximum absolute atomic E-state index is 1.97. The highest BCUT2D eigenvalue weighted by molar-refractivity contribution is 5.31. The third kappa shape index (κ3) is 1.04. The maximum atomic E-state index is 1.97. The van der Waals surface area contributed by atoms with Gasteiger partial charge in [-0.3, -0.25) is 0 Å². The highest BCUT2D eigenvalue weighted by Gasteiger charge is 2.35. The van der Waals surface area contributed by atoms with Gasteiger partial charge in [-0.15, -0.1) is 0 Å². The molecule has 0 radical (unpaired) electrons. The molecule has 0 aliphatic heterocycles. The summed E-state index contributed by atoms with van der Waals surface area (Å²) in [7, 11) is 0. The zero-order valence-electron chi connectivity index (χ0n) is 7.81. The summed E-state index contributed by atoms with van der Waals surface area (Å²) in [6.45, 7) is 0. The van der Waals surface area contributed by atoms with Crippen molar-refractivity contribution in [2.24, 2.45) is 11.8 Å². The number of hydrogen-bond acceptors (Lipinski definition) is 0. The lowest BCUT2D eigenvalue weighted by Crippen LogP contribution is -2.24. The van der Waals surface area contributed by atoms with Crippen LogP contribution in [0.25, 0.3) is 0 Å². The van der Waals surface area contributed by atoms with E-state index in [2.05, 4.69) is 0 Å². The Kier molecular flexibility index (Phi) is 1.56. The molecule has 3 rings (SSSR count). The van der Waals surface area contributed by atoms with Crippen LogP contribution in [0.15, 0.2) is 11.1 Å². The average Bonchev–Trinajstić information content (AvgIpc) is 2.57. The molecule has 0 nitrogen and oxygen atoms in total. The highest BCUT2D eigenvalue weighted by Crippen LogP contribution is 2.50. The van der Waals surface area contributed by atoms with Gasteiger partial charge in [0.1, 0.15) is 0 Å². The summed E-state index contributed by atoms with van der Waals surface area (Å²) in [5.41, 5.74) is 3.84. The molecule has 0 heteroatoms. The summed E-state index contributed by atoms with van der Waals surface area (Å²) in [5, 5.41) is 0. The molecule has 0 aromatic carbocycles. The maximum Gasteiger partial charge on any atom is -0.0198 e. The lowest BCUT2D eigenvalue weighted by molar-refractivity contribution is 0.276. The van der Waals surface area contributed by atoms with Crippen LogP contribution in [0.1, 0.15) is 51.4 Å². The molecule has 0 amide bonds. The molecule has 66 valence electrons. The monoisotopic (exact) mass is 162 g/mol. The first-order valence-electron chi connectivity index (χ1n) is 5.67. The molecular formula is C12H18. The summed E-state index contributed by atoms with van der Waals surface area (Å²) in [6, 6.07) is 0. The van der Waals surface area contributed by atoms with Gasteiger partial charge in [0.25, 0.3) is 0 Å². The van der Waals surface area contributed by atoms with Gasteiger partial charge in [0.15, 0.2) is 0 Å². The second kappa shape index (κ2) is 2.61. The van der Waals surface area contributed by atoms with Gasteiger partial charge in [0.05, 0.1) is 0 Å². The summed E-state index contributed by atoms with van der Waals surface area (Å²) >= 11 is 0. The molecule has 3 saturated carbocycles. The summed E-state index contributed by atoms with van der Waals surface area (Å²) in [5.74, 6) is 2.13. The quantitative estimate of drug-likeness (QED) is 0.543. The summed E-state index contributed by atoms with van der Waals surface area (Å²) in [4.78, 5) is 0. The fraction of sp³-hybridized carbons (Fsp3) is 0.833. The second-order valence-electron chi connectivity index (χ2n) is 4.81. The van der Waals surface area contributed by atoms with Crippen molar-refractivity contribution in [3.63, 3.8) is 0 Å². The highest BCUT2D eigenvalue weighted by atomic mass is 14.4. The van der Waals surface area contributed by atoms with Gasteiger partial charge in [0, 0.05) is 0 Å². The molecular weight excluding hydrogens is 144 g/mol. The lowest BCUT2D eigenvalue weighted by Gasteiger charge is -2.37. The van der Waals surface area contributed by atoms with Crippen LogP contribution in [0, 0.1) is 11.8 Å². The lowest BCUT2D eigenvalue weighted by atomic mass is 9.68. The van der Waals surface area contributed by atoms with Crippen molar-refractivity contribution in [3.05, 3.63) is 11.1 Å². The molecule has 0 saturated heterocycles. The Labute approximate surface area is 75.0 Å². The molecule has 0 atom stereocenters. The van der Waals surface area contributed by atoms with Gasteiger partial charge in [-0.2, -0.15) is 0 Å². The van der Waals surface area contributed by atoms with Crippen molar-refractivity contribution in [2.45, 2.75) is 51.4 Å². The SMILES string of the molecule is C1CC(C(=C2CC2)C2CCC2)C1. The van der Waals surface area contributed by atoms with Crippen LogP contribution in [-0.2, 0) is 0 Å².